The summed E-state index contributed by atoms with van der Waals surface area (Å²) in [5.74, 6) is 1.61. The van der Waals surface area contributed by atoms with Gasteiger partial charge in [-0.2, -0.15) is 0 Å². The molecule has 144 valence electrons. The molecule has 2 bridgehead atoms. The molecule has 0 saturated carbocycles. The molecule has 5 nitrogen and oxygen atoms in total. The van der Waals surface area contributed by atoms with Crippen molar-refractivity contribution in [2.24, 2.45) is 5.92 Å². The molecule has 3 aliphatic heterocycles. The van der Waals surface area contributed by atoms with Crippen molar-refractivity contribution in [2.75, 3.05) is 13.1 Å². The number of hydrogen-bond acceptors (Lipinski definition) is 4. The van der Waals surface area contributed by atoms with Crippen LogP contribution in [0.1, 0.15) is 36.7 Å². The number of piperidine rings is 3. The Morgan fingerprint density at radius 1 is 1.11 bits per heavy atom. The van der Waals surface area contributed by atoms with Gasteiger partial charge in [-0.05, 0) is 61.9 Å². The van der Waals surface area contributed by atoms with Gasteiger partial charge in [-0.15, -0.1) is 0 Å². The first-order chi connectivity index (χ1) is 13.6. The normalized spacial score (nSPS) is 26.3. The van der Waals surface area contributed by atoms with Crippen molar-refractivity contribution in [3.8, 4) is 22.5 Å². The molecule has 0 radical (unpaired) electrons. The molecule has 3 saturated heterocycles. The summed E-state index contributed by atoms with van der Waals surface area (Å²) in [5.41, 5.74) is 2.73. The molecule has 0 spiro atoms. The summed E-state index contributed by atoms with van der Waals surface area (Å²) < 4.78 is 11.1. The fourth-order valence-electron chi connectivity index (χ4n) is 4.65. The molecule has 28 heavy (non-hydrogen) atoms. The van der Waals surface area contributed by atoms with Gasteiger partial charge in [-0.1, -0.05) is 18.2 Å². The molecule has 3 fully saturated rings. The van der Waals surface area contributed by atoms with Gasteiger partial charge < -0.3 is 14.2 Å². The van der Waals surface area contributed by atoms with E-state index >= 15 is 0 Å². The highest BCUT2D eigenvalue weighted by molar-refractivity contribution is 5.92. The van der Waals surface area contributed by atoms with Gasteiger partial charge >= 0.3 is 0 Å². The van der Waals surface area contributed by atoms with Crippen LogP contribution in [0, 0.1) is 5.92 Å². The van der Waals surface area contributed by atoms with Crippen molar-refractivity contribution in [3.05, 3.63) is 60.8 Å². The van der Waals surface area contributed by atoms with Crippen LogP contribution in [0.5, 0.6) is 0 Å². The molecule has 5 heteroatoms. The van der Waals surface area contributed by atoms with E-state index in [4.69, 9.17) is 8.83 Å². The monoisotopic (exact) mass is 376 g/mol. The van der Waals surface area contributed by atoms with E-state index in [1.165, 1.54) is 12.8 Å². The molecule has 3 aromatic rings. The number of hydrogen-bond donors (Lipinski definition) is 1. The molecule has 6 rings (SSSR count). The first-order valence-electron chi connectivity index (χ1n) is 9.91. The Hall–Kier alpha value is -2.79. The molecule has 1 atom stereocenters. The van der Waals surface area contributed by atoms with Gasteiger partial charge in [0, 0.05) is 24.2 Å². The molecule has 0 aliphatic carbocycles. The zero-order valence-corrected chi connectivity index (χ0v) is 16.0. The maximum absolute atomic E-state index is 12.8. The lowest BCUT2D eigenvalue weighted by atomic mass is 9.80. The van der Waals surface area contributed by atoms with Crippen LogP contribution in [0.4, 0.5) is 0 Å². The van der Waals surface area contributed by atoms with Gasteiger partial charge in [0.15, 0.2) is 5.76 Å². The lowest BCUT2D eigenvalue weighted by Gasteiger charge is -2.52. The number of carbonyl (C=O) groups is 1. The first-order valence-corrected chi connectivity index (χ1v) is 9.91. The van der Waals surface area contributed by atoms with Crippen molar-refractivity contribution in [1.82, 2.24) is 10.2 Å². The van der Waals surface area contributed by atoms with E-state index in [-0.39, 0.29) is 11.6 Å². The Bertz CT molecular complexity index is 983. The second kappa shape index (κ2) is 6.67. The summed E-state index contributed by atoms with van der Waals surface area (Å²) in [7, 11) is 0. The Labute approximate surface area is 164 Å². The van der Waals surface area contributed by atoms with E-state index in [2.05, 4.69) is 17.1 Å². The van der Waals surface area contributed by atoms with Gasteiger partial charge in [0.2, 0.25) is 0 Å². The van der Waals surface area contributed by atoms with Crippen molar-refractivity contribution in [3.63, 3.8) is 0 Å². The van der Waals surface area contributed by atoms with Gasteiger partial charge in [0.1, 0.15) is 5.76 Å². The van der Waals surface area contributed by atoms with E-state index in [0.29, 0.717) is 17.4 Å². The number of amides is 1. The van der Waals surface area contributed by atoms with Gasteiger partial charge in [0.25, 0.3) is 5.91 Å². The Morgan fingerprint density at radius 3 is 2.64 bits per heavy atom. The van der Waals surface area contributed by atoms with Crippen LogP contribution in [-0.2, 0) is 0 Å². The van der Waals surface area contributed by atoms with E-state index < -0.39 is 0 Å². The minimum absolute atomic E-state index is 0.146. The lowest BCUT2D eigenvalue weighted by molar-refractivity contribution is -0.0351. The molecule has 5 heterocycles. The molecular formula is C23H24N2O3. The smallest absolute Gasteiger partial charge is 0.288 e. The highest BCUT2D eigenvalue weighted by Crippen LogP contribution is 2.37. The van der Waals surface area contributed by atoms with Crippen molar-refractivity contribution in [1.29, 1.82) is 0 Å². The fourth-order valence-corrected chi connectivity index (χ4v) is 4.65. The third kappa shape index (κ3) is 3.06. The number of furan rings is 2. The van der Waals surface area contributed by atoms with E-state index in [1.54, 1.807) is 18.6 Å². The average molecular weight is 376 g/mol. The number of carbonyl (C=O) groups excluding carboxylic acids is 1. The molecular weight excluding hydrogens is 352 g/mol. The zero-order valence-electron chi connectivity index (χ0n) is 16.0. The summed E-state index contributed by atoms with van der Waals surface area (Å²) in [6.07, 6.45) is 6.87. The van der Waals surface area contributed by atoms with Gasteiger partial charge in [-0.25, -0.2) is 0 Å². The van der Waals surface area contributed by atoms with Crippen LogP contribution in [0.25, 0.3) is 22.5 Å². The Kier molecular flexibility index (Phi) is 4.13. The van der Waals surface area contributed by atoms with Crippen molar-refractivity contribution < 1.29 is 13.6 Å². The summed E-state index contributed by atoms with van der Waals surface area (Å²) in [5, 5.41) is 3.22. The maximum Gasteiger partial charge on any atom is 0.288 e. The maximum atomic E-state index is 12.8. The molecule has 1 amide bonds. The van der Waals surface area contributed by atoms with Gasteiger partial charge in [-0.3, -0.25) is 9.69 Å². The highest BCUT2D eigenvalue weighted by atomic mass is 16.4. The predicted molar refractivity (Wildman–Crippen MR) is 107 cm³/mol. The van der Waals surface area contributed by atoms with E-state index in [1.807, 2.05) is 36.4 Å². The SMILES string of the molecule is C[C@@]1(NC(=O)c2ccc(-c3cccc(-c4ccoc4)c3)o2)CC2CCN1CC2. The van der Waals surface area contributed by atoms with Gasteiger partial charge in [0.05, 0.1) is 18.2 Å². The van der Waals surface area contributed by atoms with Crippen molar-refractivity contribution >= 4 is 5.91 Å². The number of nitrogens with zero attached hydrogens (tertiary/aromatic N) is 1. The summed E-state index contributed by atoms with van der Waals surface area (Å²) >= 11 is 0. The number of benzene rings is 1. The van der Waals surface area contributed by atoms with Crippen LogP contribution < -0.4 is 5.32 Å². The van der Waals surface area contributed by atoms with Crippen LogP contribution in [0.15, 0.2) is 63.8 Å². The lowest BCUT2D eigenvalue weighted by Crippen LogP contribution is -2.65. The second-order valence-electron chi connectivity index (χ2n) is 8.12. The molecule has 1 N–H and O–H groups in total. The predicted octanol–water partition coefficient (Wildman–Crippen LogP) is 4.77. The molecule has 1 aromatic carbocycles. The largest absolute Gasteiger partial charge is 0.472 e. The minimum atomic E-state index is -0.271. The van der Waals surface area contributed by atoms with E-state index in [9.17, 15) is 4.79 Å². The third-order valence-corrected chi connectivity index (χ3v) is 6.21. The highest BCUT2D eigenvalue weighted by Gasteiger charge is 2.43. The quantitative estimate of drug-likeness (QED) is 0.713. The first kappa shape index (κ1) is 17.3. The fraction of sp³-hybridized carbons (Fsp3) is 0.348. The topological polar surface area (TPSA) is 58.6 Å². The Balaban J connectivity index is 1.35. The third-order valence-electron chi connectivity index (χ3n) is 6.21. The van der Waals surface area contributed by atoms with Crippen LogP contribution >= 0.6 is 0 Å². The summed E-state index contributed by atoms with van der Waals surface area (Å²) in [6, 6.07) is 13.6. The summed E-state index contributed by atoms with van der Waals surface area (Å²) in [6.45, 7) is 4.26. The summed E-state index contributed by atoms with van der Waals surface area (Å²) in [4.78, 5) is 15.2. The van der Waals surface area contributed by atoms with Crippen LogP contribution in [-0.4, -0.2) is 29.6 Å². The van der Waals surface area contributed by atoms with Crippen molar-refractivity contribution in [2.45, 2.75) is 31.8 Å². The second-order valence-corrected chi connectivity index (χ2v) is 8.12. The Morgan fingerprint density at radius 2 is 1.93 bits per heavy atom. The zero-order chi connectivity index (χ0) is 19.1. The van der Waals surface area contributed by atoms with Crippen LogP contribution in [0.2, 0.25) is 0 Å². The number of nitrogens with one attached hydrogen (secondary N) is 1. The number of rotatable bonds is 4. The minimum Gasteiger partial charge on any atom is -0.472 e. The molecule has 2 aromatic heterocycles. The average Bonchev–Trinajstić information content (AvgIpc) is 3.41. The van der Waals surface area contributed by atoms with Crippen LogP contribution in [0.3, 0.4) is 0 Å². The number of fused-ring (bicyclic) bond motifs is 3. The standard InChI is InChI=1S/C23H24N2O3/c1-23(14-16-7-10-25(23)11-8-16)24-22(26)21-6-5-20(28-21)18-4-2-3-17(13-18)19-9-12-27-15-19/h2-6,9,12-13,15-16H,7-8,10-11,14H2,1H3,(H,24,26)/t23-/m0/s1. The van der Waals surface area contributed by atoms with E-state index in [0.717, 1.165) is 36.2 Å². The molecule has 0 unspecified atom stereocenters. The molecule has 3 aliphatic rings.